The number of halogens is 1. The van der Waals surface area contributed by atoms with Crippen molar-refractivity contribution < 1.29 is 4.57 Å². The summed E-state index contributed by atoms with van der Waals surface area (Å²) in [5, 5.41) is 3.68. The van der Waals surface area contributed by atoms with Crippen LogP contribution in [0.2, 0.25) is 0 Å². The van der Waals surface area contributed by atoms with Crippen LogP contribution in [0.4, 0.5) is 0 Å². The second-order valence-electron chi connectivity index (χ2n) is 9.10. The SMILES string of the molecule is Cn1c(-c2ccccc2P(=O)(c2ccccc2)c2ccccc2)c(-c2ccc(Br)cc2)c2ccccc21. The van der Waals surface area contributed by atoms with Gasteiger partial charge in [-0.15, -0.1) is 0 Å². The predicted octanol–water partition coefficient (Wildman–Crippen LogP) is 7.91. The number of nitrogens with zero attached hydrogens (tertiary/aromatic N) is 1. The van der Waals surface area contributed by atoms with Gasteiger partial charge in [0.1, 0.15) is 0 Å². The third kappa shape index (κ3) is 4.00. The van der Waals surface area contributed by atoms with Gasteiger partial charge in [0, 0.05) is 49.5 Å². The number of aromatic nitrogens is 1. The van der Waals surface area contributed by atoms with Gasteiger partial charge in [0.15, 0.2) is 7.14 Å². The molecule has 1 aromatic heterocycles. The number of rotatable bonds is 5. The molecule has 0 unspecified atom stereocenters. The van der Waals surface area contributed by atoms with Crippen molar-refractivity contribution in [2.24, 2.45) is 7.05 Å². The van der Waals surface area contributed by atoms with E-state index in [1.807, 2.05) is 78.9 Å². The van der Waals surface area contributed by atoms with E-state index in [4.69, 9.17) is 0 Å². The standard InChI is InChI=1S/C33H25BrNOP/c1-35-30-18-10-8-16-28(30)32(24-20-22-25(34)23-21-24)33(35)29-17-9-11-19-31(29)37(36,26-12-4-2-5-13-26)27-14-6-3-7-15-27/h2-23H,1H3. The van der Waals surface area contributed by atoms with Gasteiger partial charge in [-0.25, -0.2) is 0 Å². The fraction of sp³-hybridized carbons (Fsp3) is 0.0303. The molecule has 0 amide bonds. The molecular weight excluding hydrogens is 537 g/mol. The topological polar surface area (TPSA) is 22.0 Å². The summed E-state index contributed by atoms with van der Waals surface area (Å²) in [5.74, 6) is 0. The lowest BCUT2D eigenvalue weighted by Gasteiger charge is -2.23. The van der Waals surface area contributed by atoms with E-state index >= 15 is 4.57 Å². The Bertz CT molecular complexity index is 1710. The maximum Gasteiger partial charge on any atom is 0.171 e. The quantitative estimate of drug-likeness (QED) is 0.196. The summed E-state index contributed by atoms with van der Waals surface area (Å²) in [4.78, 5) is 0. The second kappa shape index (κ2) is 9.67. The van der Waals surface area contributed by atoms with Gasteiger partial charge in [0.05, 0.1) is 5.69 Å². The molecular formula is C33H25BrNOP. The lowest BCUT2D eigenvalue weighted by molar-refractivity contribution is 0.592. The van der Waals surface area contributed by atoms with Crippen LogP contribution in [0, 0.1) is 0 Å². The fourth-order valence-corrected chi connectivity index (χ4v) is 8.39. The number of benzene rings is 5. The Kier molecular flexibility index (Phi) is 6.20. The number of hydrogen-bond donors (Lipinski definition) is 0. The van der Waals surface area contributed by atoms with Gasteiger partial charge in [-0.05, 0) is 23.8 Å². The van der Waals surface area contributed by atoms with Crippen LogP contribution in [-0.4, -0.2) is 4.57 Å². The van der Waals surface area contributed by atoms with Gasteiger partial charge in [-0.1, -0.05) is 131 Å². The van der Waals surface area contributed by atoms with E-state index < -0.39 is 7.14 Å². The lowest BCUT2D eigenvalue weighted by atomic mass is 9.98. The minimum Gasteiger partial charge on any atom is -0.343 e. The third-order valence-corrected chi connectivity index (χ3v) is 10.6. The van der Waals surface area contributed by atoms with Crippen LogP contribution in [0.5, 0.6) is 0 Å². The first kappa shape index (κ1) is 23.7. The van der Waals surface area contributed by atoms with Gasteiger partial charge in [-0.3, -0.25) is 0 Å². The third-order valence-electron chi connectivity index (χ3n) is 6.98. The molecule has 0 saturated heterocycles. The van der Waals surface area contributed by atoms with Gasteiger partial charge in [0.2, 0.25) is 0 Å². The maximum atomic E-state index is 15.4. The Hall–Kier alpha value is -3.65. The Morgan fingerprint density at radius 2 is 1.16 bits per heavy atom. The number of aryl methyl sites for hydroxylation is 1. The van der Waals surface area contributed by atoms with E-state index in [2.05, 4.69) is 82.1 Å². The zero-order valence-corrected chi connectivity index (χ0v) is 22.9. The molecule has 6 rings (SSSR count). The van der Waals surface area contributed by atoms with E-state index in [1.165, 1.54) is 5.39 Å². The van der Waals surface area contributed by atoms with Crippen molar-refractivity contribution in [2.45, 2.75) is 0 Å². The average molecular weight is 562 g/mol. The lowest BCUT2D eigenvalue weighted by Crippen LogP contribution is -2.26. The molecule has 5 aromatic carbocycles. The van der Waals surface area contributed by atoms with Crippen molar-refractivity contribution in [3.05, 3.63) is 138 Å². The predicted molar refractivity (Wildman–Crippen MR) is 161 cm³/mol. The highest BCUT2D eigenvalue weighted by atomic mass is 79.9. The number of hydrogen-bond acceptors (Lipinski definition) is 1. The Balaban J connectivity index is 1.72. The molecule has 0 fully saturated rings. The van der Waals surface area contributed by atoms with Gasteiger partial charge >= 0.3 is 0 Å². The zero-order chi connectivity index (χ0) is 25.4. The van der Waals surface area contributed by atoms with Gasteiger partial charge in [-0.2, -0.15) is 0 Å². The van der Waals surface area contributed by atoms with Crippen molar-refractivity contribution in [3.8, 4) is 22.4 Å². The van der Waals surface area contributed by atoms with Crippen LogP contribution in [0.3, 0.4) is 0 Å². The Morgan fingerprint density at radius 1 is 0.622 bits per heavy atom. The van der Waals surface area contributed by atoms with Gasteiger partial charge in [0.25, 0.3) is 0 Å². The minimum atomic E-state index is -3.18. The summed E-state index contributed by atoms with van der Waals surface area (Å²) in [6, 6.07) is 44.9. The molecule has 0 aliphatic heterocycles. The fourth-order valence-electron chi connectivity index (χ4n) is 5.27. The summed E-state index contributed by atoms with van der Waals surface area (Å²) in [7, 11) is -1.08. The molecule has 2 nitrogen and oxygen atoms in total. The number of para-hydroxylation sites is 1. The molecule has 0 spiro atoms. The normalized spacial score (nSPS) is 11.6. The van der Waals surface area contributed by atoms with E-state index in [0.717, 1.165) is 48.3 Å². The Morgan fingerprint density at radius 3 is 1.81 bits per heavy atom. The van der Waals surface area contributed by atoms with Crippen LogP contribution >= 0.6 is 23.1 Å². The summed E-state index contributed by atoms with van der Waals surface area (Å²) in [5.41, 5.74) is 5.45. The second-order valence-corrected chi connectivity index (χ2v) is 12.8. The summed E-state index contributed by atoms with van der Waals surface area (Å²) >= 11 is 3.58. The molecule has 0 radical (unpaired) electrons. The molecule has 37 heavy (non-hydrogen) atoms. The molecule has 1 heterocycles. The van der Waals surface area contributed by atoms with E-state index in [9.17, 15) is 0 Å². The molecule has 0 aliphatic carbocycles. The first-order chi connectivity index (χ1) is 18.1. The largest absolute Gasteiger partial charge is 0.343 e. The smallest absolute Gasteiger partial charge is 0.171 e. The summed E-state index contributed by atoms with van der Waals surface area (Å²) in [6.45, 7) is 0. The summed E-state index contributed by atoms with van der Waals surface area (Å²) < 4.78 is 18.7. The highest BCUT2D eigenvalue weighted by molar-refractivity contribution is 9.10. The van der Waals surface area contributed by atoms with Crippen molar-refractivity contribution in [1.82, 2.24) is 4.57 Å². The molecule has 0 bridgehead atoms. The molecule has 6 aromatic rings. The summed E-state index contributed by atoms with van der Waals surface area (Å²) in [6.07, 6.45) is 0. The van der Waals surface area contributed by atoms with Crippen LogP contribution in [0.25, 0.3) is 33.3 Å². The average Bonchev–Trinajstić information content (AvgIpc) is 3.26. The van der Waals surface area contributed by atoms with Crippen LogP contribution in [0.15, 0.2) is 138 Å². The van der Waals surface area contributed by atoms with E-state index in [-0.39, 0.29) is 0 Å². The van der Waals surface area contributed by atoms with Crippen LogP contribution in [-0.2, 0) is 11.6 Å². The molecule has 0 N–H and O–H groups in total. The molecule has 0 saturated carbocycles. The van der Waals surface area contributed by atoms with Crippen molar-refractivity contribution in [2.75, 3.05) is 0 Å². The van der Waals surface area contributed by atoms with E-state index in [0.29, 0.717) is 0 Å². The highest BCUT2D eigenvalue weighted by Gasteiger charge is 2.33. The van der Waals surface area contributed by atoms with Gasteiger partial charge < -0.3 is 9.13 Å². The highest BCUT2D eigenvalue weighted by Crippen LogP contribution is 2.48. The molecule has 180 valence electrons. The monoisotopic (exact) mass is 561 g/mol. The first-order valence-corrected chi connectivity index (χ1v) is 14.7. The number of fused-ring (bicyclic) bond motifs is 1. The molecule has 0 atom stereocenters. The van der Waals surface area contributed by atoms with E-state index in [1.54, 1.807) is 0 Å². The maximum absolute atomic E-state index is 15.4. The van der Waals surface area contributed by atoms with Crippen LogP contribution in [0.1, 0.15) is 0 Å². The first-order valence-electron chi connectivity index (χ1n) is 12.2. The van der Waals surface area contributed by atoms with Crippen molar-refractivity contribution >= 4 is 49.9 Å². The zero-order valence-electron chi connectivity index (χ0n) is 20.4. The van der Waals surface area contributed by atoms with Crippen LogP contribution < -0.4 is 15.9 Å². The Labute approximate surface area is 225 Å². The minimum absolute atomic E-state index is 0.831. The van der Waals surface area contributed by atoms with Crippen molar-refractivity contribution in [3.63, 3.8) is 0 Å². The molecule has 0 aliphatic rings. The van der Waals surface area contributed by atoms with Crippen molar-refractivity contribution in [1.29, 1.82) is 0 Å². The molecule has 4 heteroatoms.